The Balaban J connectivity index is 2.13. The van der Waals surface area contributed by atoms with Crippen molar-refractivity contribution < 1.29 is 4.79 Å². The van der Waals surface area contributed by atoms with E-state index in [1.807, 2.05) is 62.6 Å². The summed E-state index contributed by atoms with van der Waals surface area (Å²) < 4.78 is 0. The molecule has 3 nitrogen and oxygen atoms in total. The minimum Gasteiger partial charge on any atom is -0.345 e. The van der Waals surface area contributed by atoms with Gasteiger partial charge in [-0.05, 0) is 68.9 Å². The zero-order valence-corrected chi connectivity index (χ0v) is 15.3. The van der Waals surface area contributed by atoms with Crippen LogP contribution >= 0.6 is 11.6 Å². The summed E-state index contributed by atoms with van der Waals surface area (Å²) in [5.74, 6) is -0.0450. The average Bonchev–Trinajstić information content (AvgIpc) is 2.59. The summed E-state index contributed by atoms with van der Waals surface area (Å²) in [7, 11) is 4.06. The van der Waals surface area contributed by atoms with Gasteiger partial charge in [0.2, 0.25) is 0 Å². The van der Waals surface area contributed by atoms with E-state index in [0.29, 0.717) is 10.6 Å². The molecule has 2 aromatic carbocycles. The van der Waals surface area contributed by atoms with Gasteiger partial charge < -0.3 is 10.2 Å². The molecule has 0 radical (unpaired) electrons. The highest BCUT2D eigenvalue weighted by atomic mass is 35.5. The van der Waals surface area contributed by atoms with Crippen LogP contribution in [0.25, 0.3) is 0 Å². The van der Waals surface area contributed by atoms with Gasteiger partial charge in [0.15, 0.2) is 0 Å². The van der Waals surface area contributed by atoms with E-state index in [1.54, 1.807) is 0 Å². The number of nitrogens with one attached hydrogen (secondary N) is 1. The maximum absolute atomic E-state index is 12.6. The molecule has 1 unspecified atom stereocenters. The van der Waals surface area contributed by atoms with Crippen LogP contribution in [0, 0.1) is 0 Å². The maximum atomic E-state index is 12.6. The number of halogens is 1. The molecule has 0 fully saturated rings. The number of rotatable bonds is 7. The zero-order valence-electron chi connectivity index (χ0n) is 14.6. The summed E-state index contributed by atoms with van der Waals surface area (Å²) >= 11 is 5.98. The molecular formula is C20H25ClN2O. The third kappa shape index (κ3) is 5.36. The van der Waals surface area contributed by atoms with Crippen molar-refractivity contribution in [3.63, 3.8) is 0 Å². The highest BCUT2D eigenvalue weighted by Crippen LogP contribution is 2.20. The summed E-state index contributed by atoms with van der Waals surface area (Å²) in [5.41, 5.74) is 2.99. The lowest BCUT2D eigenvalue weighted by molar-refractivity contribution is 0.0932. The number of carbonyl (C=O) groups excluding carboxylic acids is 1. The minimum absolute atomic E-state index is 0.0389. The highest BCUT2D eigenvalue weighted by Gasteiger charge is 2.16. The Labute approximate surface area is 149 Å². The van der Waals surface area contributed by atoms with E-state index in [2.05, 4.69) is 17.1 Å². The van der Waals surface area contributed by atoms with E-state index in [9.17, 15) is 4.79 Å². The molecule has 2 rings (SSSR count). The predicted octanol–water partition coefficient (Wildman–Crippen LogP) is 4.33. The number of hydrogen-bond acceptors (Lipinski definition) is 2. The Morgan fingerprint density at radius 1 is 1.08 bits per heavy atom. The topological polar surface area (TPSA) is 32.3 Å². The summed E-state index contributed by atoms with van der Waals surface area (Å²) in [6.45, 7) is 3.00. The van der Waals surface area contributed by atoms with Crippen LogP contribution in [0.2, 0.25) is 5.02 Å². The summed E-state index contributed by atoms with van der Waals surface area (Å²) in [4.78, 5) is 14.7. The van der Waals surface area contributed by atoms with Crippen LogP contribution in [0.15, 0.2) is 48.5 Å². The lowest BCUT2D eigenvalue weighted by Crippen LogP contribution is -2.31. The number of benzene rings is 2. The molecule has 0 aromatic heterocycles. The van der Waals surface area contributed by atoms with Gasteiger partial charge in [0.1, 0.15) is 0 Å². The Bertz CT molecular complexity index is 650. The Kier molecular flexibility index (Phi) is 6.83. The minimum atomic E-state index is -0.0450. The monoisotopic (exact) mass is 344 g/mol. The van der Waals surface area contributed by atoms with Crippen LogP contribution in [-0.4, -0.2) is 31.4 Å². The molecule has 0 saturated heterocycles. The number of aryl methyl sites for hydroxylation is 1. The molecule has 0 heterocycles. The Hall–Kier alpha value is -1.84. The van der Waals surface area contributed by atoms with Crippen LogP contribution in [0.5, 0.6) is 0 Å². The van der Waals surface area contributed by atoms with Crippen molar-refractivity contribution in [2.75, 3.05) is 20.6 Å². The van der Waals surface area contributed by atoms with Crippen molar-refractivity contribution in [1.29, 1.82) is 0 Å². The van der Waals surface area contributed by atoms with Crippen molar-refractivity contribution in [3.05, 3.63) is 70.2 Å². The van der Waals surface area contributed by atoms with Gasteiger partial charge in [-0.2, -0.15) is 0 Å². The standard InChI is InChI=1S/C20H25ClN2O/c1-4-15-5-7-17(8-6-15)20(24)22-19(13-14-23(2)3)16-9-11-18(21)12-10-16/h5-12,19H,4,13-14H2,1-3H3,(H,22,24). The maximum Gasteiger partial charge on any atom is 0.251 e. The van der Waals surface area contributed by atoms with Crippen LogP contribution in [-0.2, 0) is 6.42 Å². The molecule has 4 heteroatoms. The first kappa shape index (κ1) is 18.5. The van der Waals surface area contributed by atoms with Gasteiger partial charge in [0.25, 0.3) is 5.91 Å². The Morgan fingerprint density at radius 2 is 1.71 bits per heavy atom. The first-order valence-corrected chi connectivity index (χ1v) is 8.67. The fraction of sp³-hybridized carbons (Fsp3) is 0.350. The van der Waals surface area contributed by atoms with Crippen molar-refractivity contribution in [1.82, 2.24) is 10.2 Å². The first-order valence-electron chi connectivity index (χ1n) is 8.29. The second-order valence-corrected chi connectivity index (χ2v) is 6.66. The molecule has 128 valence electrons. The van der Waals surface area contributed by atoms with E-state index >= 15 is 0 Å². The van der Waals surface area contributed by atoms with Gasteiger partial charge >= 0.3 is 0 Å². The fourth-order valence-corrected chi connectivity index (χ4v) is 2.66. The first-order chi connectivity index (χ1) is 11.5. The van der Waals surface area contributed by atoms with Crippen molar-refractivity contribution in [3.8, 4) is 0 Å². The smallest absolute Gasteiger partial charge is 0.251 e. The summed E-state index contributed by atoms with van der Waals surface area (Å²) in [6, 6.07) is 15.4. The van der Waals surface area contributed by atoms with Gasteiger partial charge in [0.05, 0.1) is 6.04 Å². The second-order valence-electron chi connectivity index (χ2n) is 6.22. The fourth-order valence-electron chi connectivity index (χ4n) is 2.54. The number of amides is 1. The lowest BCUT2D eigenvalue weighted by Gasteiger charge is -2.21. The van der Waals surface area contributed by atoms with E-state index in [1.165, 1.54) is 5.56 Å². The van der Waals surface area contributed by atoms with Gasteiger partial charge in [-0.15, -0.1) is 0 Å². The van der Waals surface area contributed by atoms with Gasteiger partial charge in [-0.1, -0.05) is 42.8 Å². The molecule has 1 N–H and O–H groups in total. The SMILES string of the molecule is CCc1ccc(C(=O)NC(CCN(C)C)c2ccc(Cl)cc2)cc1. The number of nitrogens with zero attached hydrogens (tertiary/aromatic N) is 1. The van der Waals surface area contributed by atoms with Gasteiger partial charge in [0, 0.05) is 10.6 Å². The van der Waals surface area contributed by atoms with Crippen molar-refractivity contribution in [2.45, 2.75) is 25.8 Å². The van der Waals surface area contributed by atoms with Crippen molar-refractivity contribution in [2.24, 2.45) is 0 Å². The van der Waals surface area contributed by atoms with Crippen molar-refractivity contribution >= 4 is 17.5 Å². The molecule has 0 bridgehead atoms. The van der Waals surface area contributed by atoms with Gasteiger partial charge in [-0.3, -0.25) is 4.79 Å². The highest BCUT2D eigenvalue weighted by molar-refractivity contribution is 6.30. The molecular weight excluding hydrogens is 320 g/mol. The molecule has 0 aliphatic rings. The van der Waals surface area contributed by atoms with Crippen LogP contribution < -0.4 is 5.32 Å². The Morgan fingerprint density at radius 3 is 2.25 bits per heavy atom. The zero-order chi connectivity index (χ0) is 17.5. The van der Waals surface area contributed by atoms with Crippen LogP contribution in [0.4, 0.5) is 0 Å². The molecule has 0 aliphatic carbocycles. The third-order valence-corrected chi connectivity index (χ3v) is 4.32. The van der Waals surface area contributed by atoms with Crippen LogP contribution in [0.1, 0.15) is 40.9 Å². The molecule has 0 saturated carbocycles. The van der Waals surface area contributed by atoms with E-state index in [-0.39, 0.29) is 11.9 Å². The van der Waals surface area contributed by atoms with E-state index < -0.39 is 0 Å². The normalized spacial score (nSPS) is 12.2. The molecule has 2 aromatic rings. The van der Waals surface area contributed by atoms with Crippen LogP contribution in [0.3, 0.4) is 0 Å². The van der Waals surface area contributed by atoms with Gasteiger partial charge in [-0.25, -0.2) is 0 Å². The number of hydrogen-bond donors (Lipinski definition) is 1. The molecule has 1 atom stereocenters. The molecule has 0 spiro atoms. The molecule has 0 aliphatic heterocycles. The lowest BCUT2D eigenvalue weighted by atomic mass is 10.0. The largest absolute Gasteiger partial charge is 0.345 e. The third-order valence-electron chi connectivity index (χ3n) is 4.07. The van der Waals surface area contributed by atoms with E-state index in [0.717, 1.165) is 24.9 Å². The average molecular weight is 345 g/mol. The van der Waals surface area contributed by atoms with E-state index in [4.69, 9.17) is 11.6 Å². The summed E-state index contributed by atoms with van der Waals surface area (Å²) in [6.07, 6.45) is 1.81. The second kappa shape index (κ2) is 8.86. The summed E-state index contributed by atoms with van der Waals surface area (Å²) in [5, 5.41) is 3.85. The predicted molar refractivity (Wildman–Crippen MR) is 101 cm³/mol. The number of carbonyl (C=O) groups is 1. The molecule has 24 heavy (non-hydrogen) atoms. The molecule has 1 amide bonds. The quantitative estimate of drug-likeness (QED) is 0.811.